The molecule has 3 fully saturated rings. The van der Waals surface area contributed by atoms with Crippen LogP contribution in [0, 0.1) is 0 Å². The number of anilines is 1. The van der Waals surface area contributed by atoms with Crippen LogP contribution in [0.1, 0.15) is 36.6 Å². The Hall–Kier alpha value is -1.21. The molecule has 108 valence electrons. The second kappa shape index (κ2) is 4.96. The minimum absolute atomic E-state index is 0.0177. The van der Waals surface area contributed by atoms with E-state index in [4.69, 9.17) is 4.74 Å². The van der Waals surface area contributed by atoms with Gasteiger partial charge in [0.15, 0.2) is 6.10 Å². The average molecular weight is 294 g/mol. The monoisotopic (exact) mass is 294 g/mol. The first-order chi connectivity index (χ1) is 9.79. The molecule has 2 heterocycles. The minimum Gasteiger partial charge on any atom is -0.365 e. The summed E-state index contributed by atoms with van der Waals surface area (Å²) in [7, 11) is 0. The van der Waals surface area contributed by atoms with Crippen LogP contribution < -0.4 is 10.2 Å². The van der Waals surface area contributed by atoms with Gasteiger partial charge in [-0.15, -0.1) is 10.2 Å². The van der Waals surface area contributed by atoms with Gasteiger partial charge in [-0.05, 0) is 25.7 Å². The van der Waals surface area contributed by atoms with Crippen molar-refractivity contribution in [2.45, 2.75) is 43.7 Å². The predicted octanol–water partition coefficient (Wildman–Crippen LogP) is 0.899. The summed E-state index contributed by atoms with van der Waals surface area (Å²) in [6.45, 7) is 1.94. The molecule has 1 aliphatic heterocycles. The summed E-state index contributed by atoms with van der Waals surface area (Å²) in [6, 6.07) is 0.379. The SMILES string of the molecule is O=C(NC1CC1)C1CN(c2nnc(C3CC3)s2)CCO1. The van der Waals surface area contributed by atoms with Crippen LogP contribution in [-0.2, 0) is 9.53 Å². The van der Waals surface area contributed by atoms with E-state index in [0.717, 1.165) is 29.5 Å². The molecule has 20 heavy (non-hydrogen) atoms. The lowest BCUT2D eigenvalue weighted by Gasteiger charge is -2.31. The smallest absolute Gasteiger partial charge is 0.251 e. The largest absolute Gasteiger partial charge is 0.365 e. The summed E-state index contributed by atoms with van der Waals surface area (Å²) in [6.07, 6.45) is 4.30. The molecular weight excluding hydrogens is 276 g/mol. The van der Waals surface area contributed by atoms with Crippen molar-refractivity contribution in [3.05, 3.63) is 5.01 Å². The lowest BCUT2D eigenvalue weighted by atomic mass is 10.2. The molecule has 0 spiro atoms. The van der Waals surface area contributed by atoms with Gasteiger partial charge in [-0.1, -0.05) is 11.3 Å². The van der Waals surface area contributed by atoms with E-state index in [9.17, 15) is 4.79 Å². The Labute approximate surface area is 121 Å². The van der Waals surface area contributed by atoms with E-state index in [0.29, 0.717) is 25.1 Å². The van der Waals surface area contributed by atoms with Gasteiger partial charge in [0.2, 0.25) is 5.13 Å². The van der Waals surface area contributed by atoms with E-state index in [-0.39, 0.29) is 12.0 Å². The molecule has 1 aromatic rings. The molecule has 7 heteroatoms. The number of hydrogen-bond donors (Lipinski definition) is 1. The molecule has 1 aromatic heterocycles. The maximum Gasteiger partial charge on any atom is 0.251 e. The van der Waals surface area contributed by atoms with Gasteiger partial charge in [-0.2, -0.15) is 0 Å². The number of nitrogens with zero attached hydrogens (tertiary/aromatic N) is 3. The maximum atomic E-state index is 12.1. The number of carbonyl (C=O) groups excluding carboxylic acids is 1. The van der Waals surface area contributed by atoms with Crippen LogP contribution in [0.25, 0.3) is 0 Å². The van der Waals surface area contributed by atoms with Crippen LogP contribution in [0.15, 0.2) is 0 Å². The predicted molar refractivity (Wildman–Crippen MR) is 75.0 cm³/mol. The summed E-state index contributed by atoms with van der Waals surface area (Å²) in [5.74, 6) is 0.653. The Morgan fingerprint density at radius 2 is 2.15 bits per heavy atom. The van der Waals surface area contributed by atoms with Crippen LogP contribution >= 0.6 is 11.3 Å². The van der Waals surface area contributed by atoms with Gasteiger partial charge in [-0.3, -0.25) is 4.79 Å². The van der Waals surface area contributed by atoms with Crippen molar-refractivity contribution in [3.8, 4) is 0 Å². The van der Waals surface area contributed by atoms with Gasteiger partial charge in [-0.25, -0.2) is 0 Å². The summed E-state index contributed by atoms with van der Waals surface area (Å²) < 4.78 is 5.59. The van der Waals surface area contributed by atoms with Crippen molar-refractivity contribution in [2.75, 3.05) is 24.6 Å². The molecule has 3 aliphatic rings. The fraction of sp³-hybridized carbons (Fsp3) is 0.769. The third-order valence-corrected chi connectivity index (χ3v) is 5.06. The van der Waals surface area contributed by atoms with E-state index in [1.54, 1.807) is 11.3 Å². The van der Waals surface area contributed by atoms with Gasteiger partial charge in [0, 0.05) is 18.5 Å². The molecule has 1 amide bonds. The molecule has 2 saturated carbocycles. The number of amides is 1. The minimum atomic E-state index is -0.377. The van der Waals surface area contributed by atoms with Crippen LogP contribution in [0.4, 0.5) is 5.13 Å². The summed E-state index contributed by atoms with van der Waals surface area (Å²) in [4.78, 5) is 14.2. The van der Waals surface area contributed by atoms with E-state index >= 15 is 0 Å². The van der Waals surface area contributed by atoms with Crippen LogP contribution in [0.2, 0.25) is 0 Å². The Morgan fingerprint density at radius 3 is 2.90 bits per heavy atom. The Bertz CT molecular complexity index is 512. The highest BCUT2D eigenvalue weighted by Gasteiger charge is 2.33. The van der Waals surface area contributed by atoms with E-state index in [2.05, 4.69) is 20.4 Å². The number of aromatic nitrogens is 2. The second-order valence-electron chi connectivity index (χ2n) is 5.79. The fourth-order valence-electron chi connectivity index (χ4n) is 2.35. The number of nitrogens with one attached hydrogen (secondary N) is 1. The number of ether oxygens (including phenoxy) is 1. The highest BCUT2D eigenvalue weighted by Crippen LogP contribution is 2.42. The average Bonchev–Trinajstić information content (AvgIpc) is 3.40. The van der Waals surface area contributed by atoms with Gasteiger partial charge in [0.25, 0.3) is 5.91 Å². The zero-order valence-corrected chi connectivity index (χ0v) is 12.1. The van der Waals surface area contributed by atoms with Crippen molar-refractivity contribution in [1.29, 1.82) is 0 Å². The highest BCUT2D eigenvalue weighted by atomic mass is 32.1. The molecule has 6 nitrogen and oxygen atoms in total. The molecule has 0 radical (unpaired) electrons. The number of rotatable bonds is 4. The standard InChI is InChI=1S/C13H18N4O2S/c18-11(14-9-3-4-9)10-7-17(5-6-19-10)13-16-15-12(20-13)8-1-2-8/h8-10H,1-7H2,(H,14,18). The van der Waals surface area contributed by atoms with Crippen LogP contribution in [0.5, 0.6) is 0 Å². The van der Waals surface area contributed by atoms with Crippen LogP contribution in [0.3, 0.4) is 0 Å². The van der Waals surface area contributed by atoms with Gasteiger partial charge in [0.1, 0.15) is 5.01 Å². The fourth-order valence-corrected chi connectivity index (χ4v) is 3.40. The van der Waals surface area contributed by atoms with Crippen molar-refractivity contribution in [1.82, 2.24) is 15.5 Å². The molecular formula is C13H18N4O2S. The number of hydrogen-bond acceptors (Lipinski definition) is 6. The summed E-state index contributed by atoms with van der Waals surface area (Å²) in [5, 5.41) is 13.6. The Morgan fingerprint density at radius 1 is 1.30 bits per heavy atom. The molecule has 4 rings (SSSR count). The number of carbonyl (C=O) groups is 1. The van der Waals surface area contributed by atoms with E-state index in [1.165, 1.54) is 12.8 Å². The molecule has 1 unspecified atom stereocenters. The van der Waals surface area contributed by atoms with Crippen LogP contribution in [-0.4, -0.2) is 47.9 Å². The topological polar surface area (TPSA) is 67.4 Å². The van der Waals surface area contributed by atoms with Crippen molar-refractivity contribution < 1.29 is 9.53 Å². The lowest BCUT2D eigenvalue weighted by Crippen LogP contribution is -2.50. The zero-order chi connectivity index (χ0) is 13.5. The quantitative estimate of drug-likeness (QED) is 0.893. The number of morpholine rings is 1. The Kier molecular flexibility index (Phi) is 3.11. The first kappa shape index (κ1) is 12.5. The third-order valence-electron chi connectivity index (χ3n) is 3.91. The first-order valence-corrected chi connectivity index (χ1v) is 8.11. The van der Waals surface area contributed by atoms with E-state index < -0.39 is 0 Å². The lowest BCUT2D eigenvalue weighted by molar-refractivity contribution is -0.133. The van der Waals surface area contributed by atoms with Crippen molar-refractivity contribution >= 4 is 22.4 Å². The van der Waals surface area contributed by atoms with Gasteiger partial charge in [0.05, 0.1) is 13.2 Å². The third kappa shape index (κ3) is 2.64. The van der Waals surface area contributed by atoms with Crippen molar-refractivity contribution in [2.24, 2.45) is 0 Å². The molecule has 0 aromatic carbocycles. The van der Waals surface area contributed by atoms with Gasteiger partial charge < -0.3 is 15.0 Å². The van der Waals surface area contributed by atoms with Crippen molar-refractivity contribution in [3.63, 3.8) is 0 Å². The first-order valence-electron chi connectivity index (χ1n) is 7.30. The molecule has 1 atom stereocenters. The molecule has 1 N–H and O–H groups in total. The Balaban J connectivity index is 1.40. The molecule has 0 bridgehead atoms. The maximum absolute atomic E-state index is 12.1. The highest BCUT2D eigenvalue weighted by molar-refractivity contribution is 7.15. The second-order valence-corrected chi connectivity index (χ2v) is 6.77. The zero-order valence-electron chi connectivity index (χ0n) is 11.2. The normalized spacial score (nSPS) is 26.6. The van der Waals surface area contributed by atoms with E-state index in [1.807, 2.05) is 0 Å². The summed E-state index contributed by atoms with van der Waals surface area (Å²) >= 11 is 1.67. The summed E-state index contributed by atoms with van der Waals surface area (Å²) in [5.41, 5.74) is 0. The van der Waals surface area contributed by atoms with Gasteiger partial charge >= 0.3 is 0 Å². The molecule has 1 saturated heterocycles. The molecule has 2 aliphatic carbocycles.